The molecule has 2 unspecified atom stereocenters. The summed E-state index contributed by atoms with van der Waals surface area (Å²) in [6.45, 7) is 3.83. The highest BCUT2D eigenvalue weighted by Gasteiger charge is 2.37. The van der Waals surface area contributed by atoms with E-state index in [4.69, 9.17) is 5.73 Å². The van der Waals surface area contributed by atoms with E-state index in [9.17, 15) is 9.59 Å². The molecule has 2 rings (SSSR count). The molecule has 1 aromatic rings. The zero-order valence-electron chi connectivity index (χ0n) is 13.6. The van der Waals surface area contributed by atoms with Gasteiger partial charge in [0.1, 0.15) is 0 Å². The minimum atomic E-state index is -0.484. The molecule has 1 fully saturated rings. The molecule has 0 saturated heterocycles. The second-order valence-electron chi connectivity index (χ2n) is 6.53. The van der Waals surface area contributed by atoms with E-state index in [1.54, 1.807) is 0 Å². The Morgan fingerprint density at radius 3 is 2.78 bits per heavy atom. The highest BCUT2D eigenvalue weighted by atomic mass is 79.9. The molecule has 4 N–H and O–H groups in total. The number of hydrogen-bond acceptors (Lipinski definition) is 3. The summed E-state index contributed by atoms with van der Waals surface area (Å²) in [6.07, 6.45) is 3.69. The third-order valence-electron chi connectivity index (χ3n) is 4.44. The van der Waals surface area contributed by atoms with Gasteiger partial charge >= 0.3 is 0 Å². The number of nitrogens with two attached hydrogens (primary N) is 1. The molecule has 0 radical (unpaired) electrons. The van der Waals surface area contributed by atoms with Gasteiger partial charge in [0.15, 0.2) is 0 Å². The number of anilines is 1. The predicted octanol–water partition coefficient (Wildman–Crippen LogP) is 2.72. The number of halogens is 1. The van der Waals surface area contributed by atoms with Crippen LogP contribution in [0, 0.1) is 12.8 Å². The SMILES string of the molecule is Cc1cc(NC(=O)CNC(=O)C2CCCCC2(C)N)ccc1Br. The van der Waals surface area contributed by atoms with Crippen molar-refractivity contribution < 1.29 is 9.59 Å². The number of rotatable bonds is 4. The van der Waals surface area contributed by atoms with E-state index in [2.05, 4.69) is 26.6 Å². The number of carbonyl (C=O) groups is 2. The standard InChI is InChI=1S/C17H24BrN3O2/c1-11-9-12(6-7-14(11)18)21-15(22)10-20-16(23)13-5-3-4-8-17(13,2)19/h6-7,9,13H,3-5,8,10,19H2,1-2H3,(H,20,23)(H,21,22). The van der Waals surface area contributed by atoms with Gasteiger partial charge in [0.05, 0.1) is 12.5 Å². The summed E-state index contributed by atoms with van der Waals surface area (Å²) in [6, 6.07) is 5.57. The fourth-order valence-electron chi connectivity index (χ4n) is 3.01. The van der Waals surface area contributed by atoms with Gasteiger partial charge in [0.2, 0.25) is 11.8 Å². The van der Waals surface area contributed by atoms with Crippen molar-refractivity contribution in [1.29, 1.82) is 0 Å². The van der Waals surface area contributed by atoms with E-state index in [0.29, 0.717) is 5.69 Å². The topological polar surface area (TPSA) is 84.2 Å². The van der Waals surface area contributed by atoms with Crippen molar-refractivity contribution in [2.75, 3.05) is 11.9 Å². The molecule has 6 heteroatoms. The Hall–Kier alpha value is -1.40. The molecule has 0 aromatic heterocycles. The van der Waals surface area contributed by atoms with Gasteiger partial charge in [-0.15, -0.1) is 0 Å². The molecular weight excluding hydrogens is 358 g/mol. The van der Waals surface area contributed by atoms with Crippen LogP contribution in [0.2, 0.25) is 0 Å². The number of amides is 2. The van der Waals surface area contributed by atoms with Gasteiger partial charge in [-0.25, -0.2) is 0 Å². The molecule has 2 amide bonds. The Labute approximate surface area is 145 Å². The summed E-state index contributed by atoms with van der Waals surface area (Å²) < 4.78 is 0.989. The first kappa shape index (κ1) is 17.9. The largest absolute Gasteiger partial charge is 0.347 e. The van der Waals surface area contributed by atoms with Crippen LogP contribution >= 0.6 is 15.9 Å². The van der Waals surface area contributed by atoms with Gasteiger partial charge in [-0.05, 0) is 50.5 Å². The minimum absolute atomic E-state index is 0.0411. The normalized spacial score (nSPS) is 24.1. The summed E-state index contributed by atoms with van der Waals surface area (Å²) in [5, 5.41) is 5.50. The van der Waals surface area contributed by atoms with Crippen LogP contribution in [-0.4, -0.2) is 23.9 Å². The zero-order chi connectivity index (χ0) is 17.0. The molecule has 0 bridgehead atoms. The predicted molar refractivity (Wildman–Crippen MR) is 95.1 cm³/mol. The van der Waals surface area contributed by atoms with E-state index in [1.807, 2.05) is 32.0 Å². The van der Waals surface area contributed by atoms with E-state index in [-0.39, 0.29) is 24.3 Å². The molecule has 23 heavy (non-hydrogen) atoms. The fraction of sp³-hybridized carbons (Fsp3) is 0.529. The lowest BCUT2D eigenvalue weighted by Crippen LogP contribution is -2.53. The van der Waals surface area contributed by atoms with Gasteiger partial charge in [0.25, 0.3) is 0 Å². The summed E-state index contributed by atoms with van der Waals surface area (Å²) in [4.78, 5) is 24.3. The van der Waals surface area contributed by atoms with Crippen molar-refractivity contribution >= 4 is 33.4 Å². The van der Waals surface area contributed by atoms with Gasteiger partial charge in [0, 0.05) is 15.7 Å². The van der Waals surface area contributed by atoms with Crippen LogP contribution in [0.25, 0.3) is 0 Å². The number of nitrogens with one attached hydrogen (secondary N) is 2. The van der Waals surface area contributed by atoms with Gasteiger partial charge in [-0.3, -0.25) is 9.59 Å². The molecule has 126 valence electrons. The third kappa shape index (κ3) is 4.78. The molecular formula is C17H24BrN3O2. The van der Waals surface area contributed by atoms with Crippen LogP contribution in [0.1, 0.15) is 38.2 Å². The van der Waals surface area contributed by atoms with Gasteiger partial charge in [-0.1, -0.05) is 28.8 Å². The average molecular weight is 382 g/mol. The molecule has 1 aromatic carbocycles. The van der Waals surface area contributed by atoms with Gasteiger partial charge in [-0.2, -0.15) is 0 Å². The second-order valence-corrected chi connectivity index (χ2v) is 7.39. The number of benzene rings is 1. The van der Waals surface area contributed by atoms with Crippen LogP contribution in [0.4, 0.5) is 5.69 Å². The Kier molecular flexibility index (Phi) is 5.81. The first-order chi connectivity index (χ1) is 10.8. The fourth-order valence-corrected chi connectivity index (χ4v) is 3.25. The van der Waals surface area contributed by atoms with E-state index >= 15 is 0 Å². The smallest absolute Gasteiger partial charge is 0.243 e. The maximum absolute atomic E-state index is 12.3. The Bertz CT molecular complexity index is 602. The highest BCUT2D eigenvalue weighted by molar-refractivity contribution is 9.10. The first-order valence-corrected chi connectivity index (χ1v) is 8.71. The van der Waals surface area contributed by atoms with Crippen LogP contribution in [0.15, 0.2) is 22.7 Å². The summed E-state index contributed by atoms with van der Waals surface area (Å²) >= 11 is 3.42. The van der Waals surface area contributed by atoms with E-state index in [0.717, 1.165) is 35.7 Å². The summed E-state index contributed by atoms with van der Waals surface area (Å²) in [5.74, 6) is -0.592. The molecule has 1 aliphatic rings. The van der Waals surface area contributed by atoms with Crippen molar-refractivity contribution in [2.24, 2.45) is 11.7 Å². The Morgan fingerprint density at radius 1 is 1.39 bits per heavy atom. The second kappa shape index (κ2) is 7.45. The first-order valence-electron chi connectivity index (χ1n) is 7.92. The number of hydrogen-bond donors (Lipinski definition) is 3. The molecule has 5 nitrogen and oxygen atoms in total. The van der Waals surface area contributed by atoms with E-state index < -0.39 is 5.54 Å². The maximum Gasteiger partial charge on any atom is 0.243 e. The lowest BCUT2D eigenvalue weighted by Gasteiger charge is -2.37. The zero-order valence-corrected chi connectivity index (χ0v) is 15.2. The summed E-state index contributed by atoms with van der Waals surface area (Å²) in [7, 11) is 0. The molecule has 1 saturated carbocycles. The third-order valence-corrected chi connectivity index (χ3v) is 5.33. The van der Waals surface area contributed by atoms with Crippen molar-refractivity contribution in [3.63, 3.8) is 0 Å². The summed E-state index contributed by atoms with van der Waals surface area (Å²) in [5.41, 5.74) is 7.48. The monoisotopic (exact) mass is 381 g/mol. The average Bonchev–Trinajstić information content (AvgIpc) is 2.48. The van der Waals surface area contributed by atoms with Crippen molar-refractivity contribution in [1.82, 2.24) is 5.32 Å². The van der Waals surface area contributed by atoms with Crippen LogP contribution in [-0.2, 0) is 9.59 Å². The Morgan fingerprint density at radius 2 is 2.13 bits per heavy atom. The maximum atomic E-state index is 12.3. The number of aryl methyl sites for hydroxylation is 1. The van der Waals surface area contributed by atoms with Crippen molar-refractivity contribution in [2.45, 2.75) is 45.1 Å². The lowest BCUT2D eigenvalue weighted by molar-refractivity contribution is -0.130. The van der Waals surface area contributed by atoms with Crippen molar-refractivity contribution in [3.05, 3.63) is 28.2 Å². The number of carbonyl (C=O) groups excluding carboxylic acids is 2. The molecule has 0 aliphatic heterocycles. The van der Waals surface area contributed by atoms with Crippen LogP contribution in [0.5, 0.6) is 0 Å². The lowest BCUT2D eigenvalue weighted by atomic mass is 9.74. The van der Waals surface area contributed by atoms with E-state index in [1.165, 1.54) is 0 Å². The molecule has 2 atom stereocenters. The minimum Gasteiger partial charge on any atom is -0.347 e. The van der Waals surface area contributed by atoms with Crippen LogP contribution < -0.4 is 16.4 Å². The van der Waals surface area contributed by atoms with Crippen molar-refractivity contribution in [3.8, 4) is 0 Å². The molecule has 0 heterocycles. The van der Waals surface area contributed by atoms with Gasteiger partial charge < -0.3 is 16.4 Å². The highest BCUT2D eigenvalue weighted by Crippen LogP contribution is 2.31. The quantitative estimate of drug-likeness (QED) is 0.749. The molecule has 0 spiro atoms. The van der Waals surface area contributed by atoms with Crippen LogP contribution in [0.3, 0.4) is 0 Å². The molecule has 1 aliphatic carbocycles. The Balaban J connectivity index is 1.86.